The lowest BCUT2D eigenvalue weighted by Crippen LogP contribution is -2.17. The summed E-state index contributed by atoms with van der Waals surface area (Å²) in [6, 6.07) is 7.96. The highest BCUT2D eigenvalue weighted by molar-refractivity contribution is 7.17. The van der Waals surface area contributed by atoms with Crippen LogP contribution < -0.4 is 0 Å². The molecule has 84 valence electrons. The third kappa shape index (κ3) is 1.95. The predicted molar refractivity (Wildman–Crippen MR) is 67.0 cm³/mol. The summed E-state index contributed by atoms with van der Waals surface area (Å²) in [6.45, 7) is 3.88. The number of carboxylic acids is 1. The number of hydrogen-bond acceptors (Lipinski definition) is 2. The fraction of sp³-hybridized carbons (Fsp3) is 0.308. The molecule has 0 aliphatic carbocycles. The molecule has 2 nitrogen and oxygen atoms in total. The van der Waals surface area contributed by atoms with Gasteiger partial charge in [0.15, 0.2) is 0 Å². The highest BCUT2D eigenvalue weighted by Crippen LogP contribution is 2.29. The average molecular weight is 234 g/mol. The lowest BCUT2D eigenvalue weighted by Gasteiger charge is -2.16. The van der Waals surface area contributed by atoms with Gasteiger partial charge in [0.05, 0.1) is 5.92 Å². The molecule has 1 aromatic carbocycles. The average Bonchev–Trinajstić information content (AvgIpc) is 2.63. The van der Waals surface area contributed by atoms with Crippen LogP contribution >= 0.6 is 11.3 Å². The van der Waals surface area contributed by atoms with E-state index in [9.17, 15) is 9.90 Å². The smallest absolute Gasteiger partial charge is 0.311 e. The molecule has 1 heterocycles. The third-order valence-electron chi connectivity index (χ3n) is 2.77. The van der Waals surface area contributed by atoms with Crippen LogP contribution in [0.3, 0.4) is 0 Å². The van der Waals surface area contributed by atoms with E-state index >= 15 is 0 Å². The molecule has 0 spiro atoms. The molecule has 0 radical (unpaired) electrons. The Balaban J connectivity index is 2.48. The summed E-state index contributed by atoms with van der Waals surface area (Å²) >= 11 is 1.68. The fourth-order valence-corrected chi connectivity index (χ4v) is 2.76. The first-order valence-corrected chi connectivity index (χ1v) is 6.17. The van der Waals surface area contributed by atoms with Crippen molar-refractivity contribution in [2.24, 2.45) is 5.92 Å². The Morgan fingerprint density at radius 1 is 1.31 bits per heavy atom. The van der Waals surface area contributed by atoms with E-state index in [4.69, 9.17) is 0 Å². The SMILES string of the molecule is CC(C)C(C(=O)O)c1ccc2sccc2c1. The van der Waals surface area contributed by atoms with Crippen molar-refractivity contribution in [1.29, 1.82) is 0 Å². The second kappa shape index (κ2) is 4.26. The van der Waals surface area contributed by atoms with Crippen LogP contribution in [0.25, 0.3) is 10.1 Å². The van der Waals surface area contributed by atoms with Crippen molar-refractivity contribution < 1.29 is 9.90 Å². The van der Waals surface area contributed by atoms with Crippen molar-refractivity contribution >= 4 is 27.4 Å². The van der Waals surface area contributed by atoms with E-state index in [1.54, 1.807) is 11.3 Å². The minimum atomic E-state index is -0.746. The first-order chi connectivity index (χ1) is 7.59. The van der Waals surface area contributed by atoms with Gasteiger partial charge < -0.3 is 5.11 Å². The van der Waals surface area contributed by atoms with Crippen molar-refractivity contribution in [3.63, 3.8) is 0 Å². The van der Waals surface area contributed by atoms with Crippen LogP contribution in [-0.2, 0) is 4.79 Å². The van der Waals surface area contributed by atoms with Crippen LogP contribution in [0.15, 0.2) is 29.6 Å². The molecule has 1 aromatic heterocycles. The van der Waals surface area contributed by atoms with E-state index in [2.05, 4.69) is 0 Å². The van der Waals surface area contributed by atoms with Crippen LogP contribution in [0.2, 0.25) is 0 Å². The molecule has 2 rings (SSSR count). The second-order valence-corrected chi connectivity index (χ2v) is 5.23. The Bertz CT molecular complexity index is 513. The van der Waals surface area contributed by atoms with E-state index in [0.29, 0.717) is 0 Å². The molecule has 1 atom stereocenters. The second-order valence-electron chi connectivity index (χ2n) is 4.28. The molecule has 1 unspecified atom stereocenters. The summed E-state index contributed by atoms with van der Waals surface area (Å²) in [5.74, 6) is -1.05. The van der Waals surface area contributed by atoms with Crippen LogP contribution in [0.5, 0.6) is 0 Å². The highest BCUT2D eigenvalue weighted by atomic mass is 32.1. The summed E-state index contributed by atoms with van der Waals surface area (Å²) in [5.41, 5.74) is 0.897. The summed E-state index contributed by atoms with van der Waals surface area (Å²) in [5, 5.41) is 12.4. The summed E-state index contributed by atoms with van der Waals surface area (Å²) in [4.78, 5) is 11.2. The molecule has 0 amide bonds. The number of aliphatic carboxylic acids is 1. The van der Waals surface area contributed by atoms with Gasteiger partial charge in [-0.15, -0.1) is 11.3 Å². The van der Waals surface area contributed by atoms with Gasteiger partial charge in [-0.25, -0.2) is 0 Å². The molecule has 0 saturated heterocycles. The molecule has 16 heavy (non-hydrogen) atoms. The van der Waals surface area contributed by atoms with Crippen LogP contribution in [-0.4, -0.2) is 11.1 Å². The van der Waals surface area contributed by atoms with Crippen molar-refractivity contribution in [2.75, 3.05) is 0 Å². The van der Waals surface area contributed by atoms with Gasteiger partial charge in [-0.3, -0.25) is 4.79 Å². The normalized spacial score (nSPS) is 13.2. The minimum absolute atomic E-state index is 0.105. The molecule has 3 heteroatoms. The Morgan fingerprint density at radius 3 is 2.69 bits per heavy atom. The summed E-state index contributed by atoms with van der Waals surface area (Å²) in [6.07, 6.45) is 0. The van der Waals surface area contributed by atoms with E-state index in [0.717, 1.165) is 10.9 Å². The summed E-state index contributed by atoms with van der Waals surface area (Å²) in [7, 11) is 0. The number of carbonyl (C=O) groups is 1. The van der Waals surface area contributed by atoms with Crippen LogP contribution in [0.4, 0.5) is 0 Å². The maximum atomic E-state index is 11.2. The molecule has 0 aliphatic rings. The van der Waals surface area contributed by atoms with Crippen LogP contribution in [0, 0.1) is 5.92 Å². The molecular weight excluding hydrogens is 220 g/mol. The lowest BCUT2D eigenvalue weighted by atomic mass is 9.88. The predicted octanol–water partition coefficient (Wildman–Crippen LogP) is 3.73. The third-order valence-corrected chi connectivity index (χ3v) is 3.67. The standard InChI is InChI=1S/C13H14O2S/c1-8(2)12(13(14)15)10-3-4-11-9(7-10)5-6-16-11/h3-8,12H,1-2H3,(H,14,15). The molecule has 1 N–H and O–H groups in total. The molecule has 0 fully saturated rings. The Labute approximate surface area is 98.5 Å². The first-order valence-electron chi connectivity index (χ1n) is 5.29. The van der Waals surface area contributed by atoms with Crippen molar-refractivity contribution in [2.45, 2.75) is 19.8 Å². The number of carboxylic acid groups (broad SMARTS) is 1. The maximum Gasteiger partial charge on any atom is 0.311 e. The van der Waals surface area contributed by atoms with Gasteiger partial charge in [-0.05, 0) is 40.4 Å². The molecule has 0 aliphatic heterocycles. The highest BCUT2D eigenvalue weighted by Gasteiger charge is 2.23. The van der Waals surface area contributed by atoms with Gasteiger partial charge in [0.25, 0.3) is 0 Å². The van der Waals surface area contributed by atoms with Crippen molar-refractivity contribution in [3.05, 3.63) is 35.2 Å². The topological polar surface area (TPSA) is 37.3 Å². The van der Waals surface area contributed by atoms with Gasteiger partial charge in [0.1, 0.15) is 0 Å². The number of hydrogen-bond donors (Lipinski definition) is 1. The Kier molecular flexibility index (Phi) is 2.97. The van der Waals surface area contributed by atoms with E-state index < -0.39 is 11.9 Å². The number of thiophene rings is 1. The zero-order chi connectivity index (χ0) is 11.7. The number of benzene rings is 1. The van der Waals surface area contributed by atoms with Gasteiger partial charge in [0.2, 0.25) is 0 Å². The van der Waals surface area contributed by atoms with Gasteiger partial charge >= 0.3 is 5.97 Å². The van der Waals surface area contributed by atoms with Crippen molar-refractivity contribution in [3.8, 4) is 0 Å². The maximum absolute atomic E-state index is 11.2. The minimum Gasteiger partial charge on any atom is -0.481 e. The van der Waals surface area contributed by atoms with Gasteiger partial charge in [-0.2, -0.15) is 0 Å². The zero-order valence-corrected chi connectivity index (χ0v) is 10.1. The van der Waals surface area contributed by atoms with Crippen molar-refractivity contribution in [1.82, 2.24) is 0 Å². The largest absolute Gasteiger partial charge is 0.481 e. The zero-order valence-electron chi connectivity index (χ0n) is 9.31. The monoisotopic (exact) mass is 234 g/mol. The van der Waals surface area contributed by atoms with E-state index in [-0.39, 0.29) is 5.92 Å². The number of rotatable bonds is 3. The first kappa shape index (κ1) is 11.1. The van der Waals surface area contributed by atoms with E-state index in [1.165, 1.54) is 4.70 Å². The molecule has 0 saturated carbocycles. The molecular formula is C13H14O2S. The fourth-order valence-electron chi connectivity index (χ4n) is 1.99. The van der Waals surface area contributed by atoms with Crippen LogP contribution in [0.1, 0.15) is 25.3 Å². The van der Waals surface area contributed by atoms with E-state index in [1.807, 2.05) is 43.5 Å². The lowest BCUT2D eigenvalue weighted by molar-refractivity contribution is -0.139. The number of fused-ring (bicyclic) bond motifs is 1. The van der Waals surface area contributed by atoms with Gasteiger partial charge in [-0.1, -0.05) is 19.9 Å². The van der Waals surface area contributed by atoms with Gasteiger partial charge in [0, 0.05) is 4.70 Å². The Morgan fingerprint density at radius 2 is 2.06 bits per heavy atom. The molecule has 2 aromatic rings. The quantitative estimate of drug-likeness (QED) is 0.878. The molecule has 0 bridgehead atoms. The Hall–Kier alpha value is -1.35. The summed E-state index contributed by atoms with van der Waals surface area (Å²) < 4.78 is 1.21.